The molecular weight excluding hydrogens is 248 g/mol. The van der Waals surface area contributed by atoms with Gasteiger partial charge in [0.05, 0.1) is 5.75 Å². The molecule has 2 aromatic heterocycles. The molecule has 2 rings (SSSR count). The van der Waals surface area contributed by atoms with E-state index in [2.05, 4.69) is 27.0 Å². The molecule has 0 bridgehead atoms. The SMILES string of the molecule is CCCn1ncnc1CSc1nc(C)cc(N)n1. The van der Waals surface area contributed by atoms with Gasteiger partial charge in [0.2, 0.25) is 0 Å². The van der Waals surface area contributed by atoms with Crippen LogP contribution in [0.1, 0.15) is 24.9 Å². The molecule has 18 heavy (non-hydrogen) atoms. The van der Waals surface area contributed by atoms with Crippen molar-refractivity contribution in [3.05, 3.63) is 23.9 Å². The molecule has 7 heteroatoms. The van der Waals surface area contributed by atoms with E-state index in [1.807, 2.05) is 11.6 Å². The first-order valence-corrected chi connectivity index (χ1v) is 6.78. The van der Waals surface area contributed by atoms with Gasteiger partial charge in [0.1, 0.15) is 18.0 Å². The Hall–Kier alpha value is -1.63. The van der Waals surface area contributed by atoms with Gasteiger partial charge >= 0.3 is 0 Å². The van der Waals surface area contributed by atoms with Gasteiger partial charge in [-0.1, -0.05) is 18.7 Å². The maximum Gasteiger partial charge on any atom is 0.190 e. The van der Waals surface area contributed by atoms with Crippen molar-refractivity contribution in [2.75, 3.05) is 5.73 Å². The van der Waals surface area contributed by atoms with Gasteiger partial charge in [-0.3, -0.25) is 0 Å². The van der Waals surface area contributed by atoms with Gasteiger partial charge < -0.3 is 5.73 Å². The van der Waals surface area contributed by atoms with Crippen LogP contribution in [0.4, 0.5) is 5.82 Å². The first-order valence-electron chi connectivity index (χ1n) is 5.79. The zero-order valence-corrected chi connectivity index (χ0v) is 11.3. The van der Waals surface area contributed by atoms with Crippen molar-refractivity contribution in [2.45, 2.75) is 37.7 Å². The summed E-state index contributed by atoms with van der Waals surface area (Å²) in [6.45, 7) is 4.90. The number of nitrogens with two attached hydrogens (primary N) is 1. The van der Waals surface area contributed by atoms with Gasteiger partial charge in [0, 0.05) is 18.3 Å². The van der Waals surface area contributed by atoms with Crippen LogP contribution in [0.3, 0.4) is 0 Å². The fourth-order valence-corrected chi connectivity index (χ4v) is 2.42. The number of nitrogen functional groups attached to an aromatic ring is 1. The summed E-state index contributed by atoms with van der Waals surface area (Å²) >= 11 is 1.52. The lowest BCUT2D eigenvalue weighted by Crippen LogP contribution is -2.04. The Bertz CT molecular complexity index is 504. The predicted octanol–water partition coefficient (Wildman–Crippen LogP) is 1.66. The van der Waals surface area contributed by atoms with E-state index in [4.69, 9.17) is 5.73 Å². The van der Waals surface area contributed by atoms with E-state index in [-0.39, 0.29) is 0 Å². The van der Waals surface area contributed by atoms with Crippen LogP contribution in [0, 0.1) is 6.92 Å². The Balaban J connectivity index is 2.04. The van der Waals surface area contributed by atoms with E-state index >= 15 is 0 Å². The molecule has 0 aromatic carbocycles. The zero-order valence-electron chi connectivity index (χ0n) is 10.5. The highest BCUT2D eigenvalue weighted by Crippen LogP contribution is 2.19. The van der Waals surface area contributed by atoms with Crippen LogP contribution in [0.15, 0.2) is 17.6 Å². The van der Waals surface area contributed by atoms with Crippen LogP contribution in [0.25, 0.3) is 0 Å². The second kappa shape index (κ2) is 5.81. The van der Waals surface area contributed by atoms with Crippen LogP contribution in [0.2, 0.25) is 0 Å². The van der Waals surface area contributed by atoms with Gasteiger partial charge in [0.25, 0.3) is 0 Å². The summed E-state index contributed by atoms with van der Waals surface area (Å²) in [5, 5.41) is 4.86. The fourth-order valence-electron chi connectivity index (χ4n) is 1.56. The molecule has 6 nitrogen and oxygen atoms in total. The van der Waals surface area contributed by atoms with Crippen molar-refractivity contribution in [3.8, 4) is 0 Å². The highest BCUT2D eigenvalue weighted by atomic mass is 32.2. The van der Waals surface area contributed by atoms with Crippen LogP contribution in [0.5, 0.6) is 0 Å². The third-order valence-electron chi connectivity index (χ3n) is 2.32. The van der Waals surface area contributed by atoms with E-state index in [0.717, 1.165) is 24.5 Å². The van der Waals surface area contributed by atoms with E-state index in [1.165, 1.54) is 11.8 Å². The average molecular weight is 264 g/mol. The normalized spacial score (nSPS) is 10.8. The van der Waals surface area contributed by atoms with Crippen LogP contribution in [-0.4, -0.2) is 24.7 Å². The van der Waals surface area contributed by atoms with Crippen molar-refractivity contribution in [1.29, 1.82) is 0 Å². The van der Waals surface area contributed by atoms with Crippen LogP contribution in [-0.2, 0) is 12.3 Å². The molecule has 0 spiro atoms. The second-order valence-corrected chi connectivity index (χ2v) is 4.85. The summed E-state index contributed by atoms with van der Waals surface area (Å²) in [5.41, 5.74) is 6.56. The molecule has 2 aromatic rings. The molecule has 0 fully saturated rings. The third kappa shape index (κ3) is 3.19. The Morgan fingerprint density at radius 3 is 2.94 bits per heavy atom. The van der Waals surface area contributed by atoms with Crippen molar-refractivity contribution in [3.63, 3.8) is 0 Å². The van der Waals surface area contributed by atoms with Gasteiger partial charge in [-0.15, -0.1) is 0 Å². The highest BCUT2D eigenvalue weighted by molar-refractivity contribution is 7.98. The first-order chi connectivity index (χ1) is 8.69. The Morgan fingerprint density at radius 2 is 2.22 bits per heavy atom. The van der Waals surface area contributed by atoms with Gasteiger partial charge in [-0.05, 0) is 13.3 Å². The lowest BCUT2D eigenvalue weighted by atomic mass is 10.4. The number of aryl methyl sites for hydroxylation is 2. The molecule has 0 saturated carbocycles. The molecule has 0 unspecified atom stereocenters. The molecule has 0 aliphatic heterocycles. The van der Waals surface area contributed by atoms with E-state index in [0.29, 0.717) is 16.7 Å². The van der Waals surface area contributed by atoms with Crippen molar-refractivity contribution < 1.29 is 0 Å². The summed E-state index contributed by atoms with van der Waals surface area (Å²) in [6.07, 6.45) is 2.62. The minimum atomic E-state index is 0.500. The third-order valence-corrected chi connectivity index (χ3v) is 3.16. The fraction of sp³-hybridized carbons (Fsp3) is 0.455. The topological polar surface area (TPSA) is 82.5 Å². The first kappa shape index (κ1) is 12.8. The standard InChI is InChI=1S/C11H16N6S/c1-3-4-17-10(13-7-14-17)6-18-11-15-8(2)5-9(12)16-11/h5,7H,3-4,6H2,1-2H3,(H2,12,15,16). The van der Waals surface area contributed by atoms with Crippen molar-refractivity contribution >= 4 is 17.6 Å². The summed E-state index contributed by atoms with van der Waals surface area (Å²) < 4.78 is 1.91. The number of aromatic nitrogens is 5. The van der Waals surface area contributed by atoms with Crippen molar-refractivity contribution in [1.82, 2.24) is 24.7 Å². The summed E-state index contributed by atoms with van der Waals surface area (Å²) in [6, 6.07) is 1.75. The van der Waals surface area contributed by atoms with E-state index in [9.17, 15) is 0 Å². The van der Waals surface area contributed by atoms with Crippen LogP contribution < -0.4 is 5.73 Å². The average Bonchev–Trinajstić information content (AvgIpc) is 2.73. The number of hydrogen-bond acceptors (Lipinski definition) is 6. The number of nitrogens with zero attached hydrogens (tertiary/aromatic N) is 5. The molecular formula is C11H16N6S. The lowest BCUT2D eigenvalue weighted by molar-refractivity contribution is 0.581. The lowest BCUT2D eigenvalue weighted by Gasteiger charge is -2.04. The molecule has 0 aliphatic rings. The predicted molar refractivity (Wildman–Crippen MR) is 71.1 cm³/mol. The maximum absolute atomic E-state index is 5.69. The number of rotatable bonds is 5. The van der Waals surface area contributed by atoms with Gasteiger partial charge in [0.15, 0.2) is 5.16 Å². The largest absolute Gasteiger partial charge is 0.384 e. The Labute approximate surface area is 110 Å². The van der Waals surface area contributed by atoms with Crippen molar-refractivity contribution in [2.24, 2.45) is 0 Å². The molecule has 0 radical (unpaired) electrons. The second-order valence-electron chi connectivity index (χ2n) is 3.90. The molecule has 96 valence electrons. The molecule has 0 aliphatic carbocycles. The Kier molecular flexibility index (Phi) is 4.14. The van der Waals surface area contributed by atoms with E-state index in [1.54, 1.807) is 12.4 Å². The van der Waals surface area contributed by atoms with Gasteiger partial charge in [-0.2, -0.15) is 5.10 Å². The minimum absolute atomic E-state index is 0.500. The summed E-state index contributed by atoms with van der Waals surface area (Å²) in [4.78, 5) is 12.7. The molecule has 0 amide bonds. The smallest absolute Gasteiger partial charge is 0.190 e. The van der Waals surface area contributed by atoms with Crippen LogP contribution >= 0.6 is 11.8 Å². The van der Waals surface area contributed by atoms with Gasteiger partial charge in [-0.25, -0.2) is 19.6 Å². The minimum Gasteiger partial charge on any atom is -0.384 e. The summed E-state index contributed by atoms with van der Waals surface area (Å²) in [7, 11) is 0. The molecule has 0 atom stereocenters. The number of thioether (sulfide) groups is 1. The quantitative estimate of drug-likeness (QED) is 0.653. The molecule has 2 heterocycles. The number of anilines is 1. The molecule has 2 N–H and O–H groups in total. The number of hydrogen-bond donors (Lipinski definition) is 1. The monoisotopic (exact) mass is 264 g/mol. The maximum atomic E-state index is 5.69. The zero-order chi connectivity index (χ0) is 13.0. The van der Waals surface area contributed by atoms with E-state index < -0.39 is 0 Å². The Morgan fingerprint density at radius 1 is 1.39 bits per heavy atom. The highest BCUT2D eigenvalue weighted by Gasteiger charge is 2.07. The molecule has 0 saturated heterocycles. The summed E-state index contributed by atoms with van der Waals surface area (Å²) in [5.74, 6) is 2.13.